The molecule has 20 heavy (non-hydrogen) atoms. The fraction of sp³-hybridized carbons (Fsp3) is 0.455. The molecule has 2 aromatic heterocycles. The molecule has 1 atom stereocenters. The Hall–Kier alpha value is -2.03. The molecule has 0 aliphatic rings. The number of aromatic nitrogens is 4. The maximum absolute atomic E-state index is 11.7. The van der Waals surface area contributed by atoms with Crippen molar-refractivity contribution < 1.29 is 9.53 Å². The monoisotopic (exact) mass is 298 g/mol. The number of nitrogens with one attached hydrogen (secondary N) is 3. The van der Waals surface area contributed by atoms with E-state index in [4.69, 9.17) is 4.74 Å². The molecule has 2 rings (SSSR count). The van der Waals surface area contributed by atoms with Gasteiger partial charge in [-0.25, -0.2) is 9.78 Å². The van der Waals surface area contributed by atoms with Crippen LogP contribution in [-0.4, -0.2) is 37.8 Å². The highest BCUT2D eigenvalue weighted by Gasteiger charge is 2.21. The molecule has 0 aliphatic heterocycles. The number of imidazole rings is 1. The third kappa shape index (κ3) is 2.93. The summed E-state index contributed by atoms with van der Waals surface area (Å²) in [5, 5.41) is -0.0337. The summed E-state index contributed by atoms with van der Waals surface area (Å²) in [6.45, 7) is 3.90. The number of carbonyl (C=O) groups excluding carboxylic acids is 1. The van der Waals surface area contributed by atoms with Crippen LogP contribution in [0.4, 0.5) is 0 Å². The van der Waals surface area contributed by atoms with E-state index in [1.165, 1.54) is 0 Å². The van der Waals surface area contributed by atoms with Crippen molar-refractivity contribution in [1.82, 2.24) is 19.9 Å². The number of hydrogen-bond acceptors (Lipinski definition) is 6. The van der Waals surface area contributed by atoms with Crippen molar-refractivity contribution in [2.75, 3.05) is 6.61 Å². The van der Waals surface area contributed by atoms with Gasteiger partial charge in [-0.1, -0.05) is 18.7 Å². The number of nitrogens with zero attached hydrogens (tertiary/aromatic N) is 1. The molecule has 0 saturated carbocycles. The average Bonchev–Trinajstić information content (AvgIpc) is 2.79. The summed E-state index contributed by atoms with van der Waals surface area (Å²) < 4.78 is 4.96. The minimum atomic E-state index is -0.622. The second-order valence-electron chi connectivity index (χ2n) is 3.94. The van der Waals surface area contributed by atoms with Crippen LogP contribution in [0, 0.1) is 0 Å². The molecule has 0 radical (unpaired) electrons. The van der Waals surface area contributed by atoms with E-state index in [1.807, 2.05) is 6.92 Å². The summed E-state index contributed by atoms with van der Waals surface area (Å²) in [5.74, 6) is -0.331. The van der Waals surface area contributed by atoms with Gasteiger partial charge in [0.15, 0.2) is 10.8 Å². The Bertz CT molecular complexity index is 732. The summed E-state index contributed by atoms with van der Waals surface area (Å²) >= 11 is 1.16. The molecule has 0 saturated heterocycles. The number of esters is 1. The van der Waals surface area contributed by atoms with Gasteiger partial charge >= 0.3 is 11.7 Å². The maximum Gasteiger partial charge on any atom is 0.327 e. The molecule has 0 bridgehead atoms. The molecule has 3 N–H and O–H groups in total. The van der Waals surface area contributed by atoms with Crippen molar-refractivity contribution in [2.24, 2.45) is 0 Å². The van der Waals surface area contributed by atoms with Gasteiger partial charge in [0.25, 0.3) is 5.56 Å². The van der Waals surface area contributed by atoms with Crippen molar-refractivity contribution in [3.05, 3.63) is 20.8 Å². The highest BCUT2D eigenvalue weighted by molar-refractivity contribution is 8.00. The summed E-state index contributed by atoms with van der Waals surface area (Å²) in [5.41, 5.74) is -0.832. The Morgan fingerprint density at radius 1 is 1.30 bits per heavy atom. The number of aromatic amines is 3. The van der Waals surface area contributed by atoms with Crippen molar-refractivity contribution >= 4 is 28.9 Å². The lowest BCUT2D eigenvalue weighted by atomic mass is 10.3. The van der Waals surface area contributed by atoms with Crippen molar-refractivity contribution in [3.8, 4) is 0 Å². The van der Waals surface area contributed by atoms with E-state index in [2.05, 4.69) is 19.9 Å². The van der Waals surface area contributed by atoms with E-state index in [0.29, 0.717) is 18.2 Å². The molecule has 2 heterocycles. The minimum absolute atomic E-state index is 0.167. The lowest BCUT2D eigenvalue weighted by Crippen LogP contribution is -2.21. The fourth-order valence-electron chi connectivity index (χ4n) is 1.63. The van der Waals surface area contributed by atoms with Crippen molar-refractivity contribution in [3.63, 3.8) is 0 Å². The number of hydrogen-bond donors (Lipinski definition) is 3. The largest absolute Gasteiger partial charge is 0.465 e. The standard InChI is InChI=1S/C11H14N4O4S/c1-3-5(9(17)19-4-2)20-11-12-6-7(14-11)13-10(18)15-8(6)16/h5H,3-4H2,1-2H3,(H3,12,13,14,15,16,18). The zero-order valence-corrected chi connectivity index (χ0v) is 11.8. The Morgan fingerprint density at radius 3 is 2.70 bits per heavy atom. The summed E-state index contributed by atoms with van der Waals surface area (Å²) in [4.78, 5) is 45.8. The zero-order valence-electron chi connectivity index (χ0n) is 11.0. The first-order valence-electron chi connectivity index (χ1n) is 6.10. The molecule has 0 aliphatic carbocycles. The van der Waals surface area contributed by atoms with Crippen LogP contribution in [0.25, 0.3) is 11.2 Å². The molecule has 0 amide bonds. The Labute approximate surface area is 117 Å². The second-order valence-corrected chi connectivity index (χ2v) is 5.13. The molecule has 2 aromatic rings. The smallest absolute Gasteiger partial charge is 0.327 e. The van der Waals surface area contributed by atoms with Crippen LogP contribution < -0.4 is 11.2 Å². The van der Waals surface area contributed by atoms with E-state index in [0.717, 1.165) is 11.8 Å². The highest BCUT2D eigenvalue weighted by atomic mass is 32.2. The average molecular weight is 298 g/mol. The minimum Gasteiger partial charge on any atom is -0.465 e. The van der Waals surface area contributed by atoms with Gasteiger partial charge in [-0.15, -0.1) is 0 Å². The lowest BCUT2D eigenvalue weighted by molar-refractivity contribution is -0.142. The first-order chi connectivity index (χ1) is 9.55. The molecule has 0 aromatic carbocycles. The molecular weight excluding hydrogens is 284 g/mol. The number of H-pyrrole nitrogens is 3. The van der Waals surface area contributed by atoms with E-state index >= 15 is 0 Å². The van der Waals surface area contributed by atoms with Gasteiger partial charge in [0, 0.05) is 0 Å². The van der Waals surface area contributed by atoms with E-state index in [9.17, 15) is 14.4 Å². The van der Waals surface area contributed by atoms with Gasteiger partial charge in [0.1, 0.15) is 10.8 Å². The number of carbonyl (C=O) groups is 1. The number of rotatable bonds is 5. The van der Waals surface area contributed by atoms with E-state index in [1.54, 1.807) is 6.92 Å². The predicted molar refractivity (Wildman–Crippen MR) is 73.9 cm³/mol. The van der Waals surface area contributed by atoms with Gasteiger partial charge in [-0.2, -0.15) is 0 Å². The first-order valence-corrected chi connectivity index (χ1v) is 6.98. The topological polar surface area (TPSA) is 121 Å². The highest BCUT2D eigenvalue weighted by Crippen LogP contribution is 2.24. The maximum atomic E-state index is 11.7. The van der Waals surface area contributed by atoms with Crippen molar-refractivity contribution in [2.45, 2.75) is 30.7 Å². The van der Waals surface area contributed by atoms with Gasteiger partial charge in [0.05, 0.1) is 6.61 Å². The SMILES string of the molecule is CCOC(=O)C(CC)Sc1nc2[nH]c(=O)[nH]c(=O)c2[nH]1. The van der Waals surface area contributed by atoms with Crippen LogP contribution in [0.1, 0.15) is 20.3 Å². The Kier molecular flexibility index (Phi) is 4.28. The summed E-state index contributed by atoms with van der Waals surface area (Å²) in [6, 6.07) is 0. The van der Waals surface area contributed by atoms with Crippen molar-refractivity contribution in [1.29, 1.82) is 0 Å². The van der Waals surface area contributed by atoms with E-state index < -0.39 is 16.5 Å². The third-order valence-electron chi connectivity index (χ3n) is 2.54. The number of fused-ring (bicyclic) bond motifs is 1. The third-order valence-corrected chi connectivity index (χ3v) is 3.77. The molecule has 108 valence electrons. The molecule has 8 nitrogen and oxygen atoms in total. The first kappa shape index (κ1) is 14.4. The van der Waals surface area contributed by atoms with Gasteiger partial charge < -0.3 is 9.72 Å². The summed E-state index contributed by atoms with van der Waals surface area (Å²) in [7, 11) is 0. The summed E-state index contributed by atoms with van der Waals surface area (Å²) in [6.07, 6.45) is 0.563. The van der Waals surface area contributed by atoms with Gasteiger partial charge in [0.2, 0.25) is 0 Å². The Balaban J connectivity index is 2.29. The molecule has 9 heteroatoms. The number of ether oxygens (including phenoxy) is 1. The van der Waals surface area contributed by atoms with Crippen LogP contribution in [0.5, 0.6) is 0 Å². The quantitative estimate of drug-likeness (QED) is 0.542. The van der Waals surface area contributed by atoms with Crippen LogP contribution in [0.2, 0.25) is 0 Å². The van der Waals surface area contributed by atoms with Gasteiger partial charge in [-0.3, -0.25) is 19.6 Å². The molecule has 0 spiro atoms. The number of thioether (sulfide) groups is 1. The fourth-order valence-corrected chi connectivity index (χ4v) is 2.54. The lowest BCUT2D eigenvalue weighted by Gasteiger charge is -2.10. The predicted octanol–water partition coefficient (Wildman–Crippen LogP) is 0.373. The normalized spacial score (nSPS) is 12.5. The van der Waals surface area contributed by atoms with Crippen LogP contribution >= 0.6 is 11.8 Å². The van der Waals surface area contributed by atoms with Crippen LogP contribution in [0.3, 0.4) is 0 Å². The molecule has 1 unspecified atom stereocenters. The second kappa shape index (κ2) is 5.95. The van der Waals surface area contributed by atoms with E-state index in [-0.39, 0.29) is 17.1 Å². The Morgan fingerprint density at radius 2 is 2.05 bits per heavy atom. The molecule has 0 fully saturated rings. The van der Waals surface area contributed by atoms with Crippen LogP contribution in [0.15, 0.2) is 14.7 Å². The molecular formula is C11H14N4O4S. The van der Waals surface area contributed by atoms with Gasteiger partial charge in [-0.05, 0) is 13.3 Å². The van der Waals surface area contributed by atoms with Crippen LogP contribution in [-0.2, 0) is 9.53 Å². The zero-order chi connectivity index (χ0) is 14.7.